The molecule has 0 unspecified atom stereocenters. The molecule has 4 aromatic carbocycles. The van der Waals surface area contributed by atoms with Crippen molar-refractivity contribution in [3.05, 3.63) is 130 Å². The lowest BCUT2D eigenvalue weighted by Gasteiger charge is -2.37. The fourth-order valence-electron chi connectivity index (χ4n) is 11.2. The molecule has 2 saturated heterocycles. The van der Waals surface area contributed by atoms with E-state index in [9.17, 15) is 28.8 Å². The van der Waals surface area contributed by atoms with Gasteiger partial charge < -0.3 is 68.5 Å². The number of halogens is 4. The quantitative estimate of drug-likeness (QED) is 0.0178. The summed E-state index contributed by atoms with van der Waals surface area (Å²) in [5, 5.41) is 9.47. The molecule has 0 atom stereocenters. The van der Waals surface area contributed by atoms with E-state index < -0.39 is 57.5 Å². The number of rotatable bonds is 28. The maximum atomic E-state index is 14.7. The number of ether oxygens (including phenoxy) is 8. The van der Waals surface area contributed by atoms with E-state index in [4.69, 9.17) is 84.3 Å². The molecule has 2 fully saturated rings. The third-order valence-corrected chi connectivity index (χ3v) is 22.2. The molecule has 0 spiro atoms. The molecule has 35 heteroatoms. The maximum absolute atomic E-state index is 14.7. The van der Waals surface area contributed by atoms with E-state index in [2.05, 4.69) is 93.2 Å². The summed E-state index contributed by atoms with van der Waals surface area (Å²) in [6, 6.07) is 17.9. The zero-order chi connectivity index (χ0) is 82.7. The molecular formula is C77H105Cl4N15O14Si2. The Morgan fingerprint density at radius 1 is 0.545 bits per heavy atom. The molecule has 3 N–H and O–H groups in total. The van der Waals surface area contributed by atoms with Gasteiger partial charge in [-0.25, -0.2) is 44.0 Å². The minimum atomic E-state index is -1.51. The number of aromatic nitrogens is 4. The molecule has 4 heterocycles. The second-order valence-electron chi connectivity index (χ2n) is 30.5. The van der Waals surface area contributed by atoms with Gasteiger partial charge in [-0.05, 0) is 102 Å². The molecule has 608 valence electrons. The fraction of sp³-hybridized carbons (Fsp3) is 0.455. The number of amides is 8. The van der Waals surface area contributed by atoms with Crippen LogP contribution in [0.2, 0.25) is 71.5 Å². The summed E-state index contributed by atoms with van der Waals surface area (Å²) >= 11 is 27.2. The van der Waals surface area contributed by atoms with Gasteiger partial charge in [-0.1, -0.05) is 105 Å². The van der Waals surface area contributed by atoms with Crippen LogP contribution in [0.15, 0.2) is 98.6 Å². The van der Waals surface area contributed by atoms with Gasteiger partial charge in [-0.15, -0.1) is 0 Å². The number of methoxy groups -OCH3 is 4. The summed E-state index contributed by atoms with van der Waals surface area (Å²) in [6.45, 7) is 36.9. The van der Waals surface area contributed by atoms with Crippen molar-refractivity contribution in [1.82, 2.24) is 30.2 Å². The highest BCUT2D eigenvalue weighted by molar-refractivity contribution is 6.76. The van der Waals surface area contributed by atoms with Crippen LogP contribution in [0.1, 0.15) is 52.8 Å². The number of anilines is 10. The van der Waals surface area contributed by atoms with Crippen molar-refractivity contribution in [3.8, 4) is 23.0 Å². The van der Waals surface area contributed by atoms with Gasteiger partial charge >= 0.3 is 24.2 Å². The van der Waals surface area contributed by atoms with Gasteiger partial charge in [0.25, 0.3) is 0 Å². The second kappa shape index (κ2) is 40.0. The largest absolute Gasteiger partial charge is 0.495 e. The lowest BCUT2D eigenvalue weighted by atomic mass is 10.1. The minimum Gasteiger partial charge on any atom is -0.495 e. The minimum absolute atomic E-state index is 0.00113. The molecule has 2 aromatic heterocycles. The van der Waals surface area contributed by atoms with Crippen molar-refractivity contribution in [2.75, 3.05) is 167 Å². The average Bonchev–Trinajstić information content (AvgIpc) is 0.786. The highest BCUT2D eigenvalue weighted by Gasteiger charge is 2.36. The number of carbonyl (C=O) groups excluding carboxylic acids is 6. The number of urea groups is 2. The van der Waals surface area contributed by atoms with Crippen LogP contribution in [0.25, 0.3) is 0 Å². The Balaban J connectivity index is 0.000000320. The Bertz CT molecular complexity index is 4280. The molecule has 112 heavy (non-hydrogen) atoms. The van der Waals surface area contributed by atoms with Crippen LogP contribution in [0.5, 0.6) is 23.0 Å². The molecule has 6 aromatic rings. The normalized spacial score (nSPS) is 13.1. The third-order valence-electron chi connectivity index (χ3n) is 17.3. The fourth-order valence-corrected chi connectivity index (χ4v) is 14.1. The predicted molar refractivity (Wildman–Crippen MR) is 451 cm³/mol. The molecule has 0 radical (unpaired) electrons. The summed E-state index contributed by atoms with van der Waals surface area (Å²) in [4.78, 5) is 111. The summed E-state index contributed by atoms with van der Waals surface area (Å²) in [6.07, 6.45) is 4.06. The van der Waals surface area contributed by atoms with E-state index in [0.29, 0.717) is 68.7 Å². The first kappa shape index (κ1) is 90.0. The number of hydrogen-bond donors (Lipinski definition) is 3. The van der Waals surface area contributed by atoms with Crippen LogP contribution in [-0.2, 0) is 35.0 Å². The highest BCUT2D eigenvalue weighted by atomic mass is 35.5. The van der Waals surface area contributed by atoms with Gasteiger partial charge in [0.05, 0.1) is 56.9 Å². The number of benzene rings is 4. The SMILES string of the molecule is C=CC(=O)Nc1cc(N2CCN(C(=O)OC(C)(C)C)CC2)ccc1N(C(=O)OC(C)(C)C)c1cc(N(C)C(=O)N(COCC[Si](C)(C)C)c2c(Cl)c(OC)cc(OC)c2Cl)ncn1.C=CC(=O)Nc1cc(N2CCNCC2)ccc1Cc1cc(N(C)C(=O)N(COCC[Si](C)(C)C)c2c(Cl)c(OC)cc(OC)c2Cl)ncn1. The van der Waals surface area contributed by atoms with E-state index >= 15 is 0 Å². The Morgan fingerprint density at radius 3 is 1.41 bits per heavy atom. The van der Waals surface area contributed by atoms with Gasteiger partial charge in [-0.3, -0.25) is 29.2 Å². The standard InChI is InChI=1S/C43H60Cl2N8O9Si.C34H45Cl2N7O5Si/c1-14-35(54)48-29-23-28(50-17-19-51(20-18-50)40(56)61-42(2,3)4)15-16-30(29)53(41(57)62-43(5,6)7)34-25-33(46-26-47-34)49(8)39(55)52(27-60-21-22-63(11,12)13)38-36(44)31(58-9)24-32(59-10)37(38)45;1-8-30(44)40-26-19-25(42-13-11-37-12-14-42)10-9-23(26)17-24-18-29(39-21-38-24)41(2)34(45)43(22-48-15-16-49(5,6)7)33-31(35)27(46-3)20-28(47-4)32(33)36/h14-16,23-26H,1,17-22,27H2,2-13H3,(H,48,54);8-10,18-21,37H,1,11-17,22H2,2-7H3,(H,40,44). The van der Waals surface area contributed by atoms with Gasteiger partial charge in [0, 0.05) is 144 Å². The smallest absolute Gasteiger partial charge is 0.420 e. The van der Waals surface area contributed by atoms with E-state index in [0.717, 1.165) is 55.6 Å². The molecule has 8 rings (SSSR count). The molecule has 2 aliphatic rings. The van der Waals surface area contributed by atoms with E-state index in [-0.39, 0.29) is 96.8 Å². The molecule has 0 saturated carbocycles. The van der Waals surface area contributed by atoms with Crippen LogP contribution in [0.4, 0.5) is 76.4 Å². The van der Waals surface area contributed by atoms with E-state index in [1.807, 2.05) is 43.9 Å². The second-order valence-corrected chi connectivity index (χ2v) is 43.2. The number of hydrogen-bond acceptors (Lipinski definition) is 21. The third kappa shape index (κ3) is 24.9. The molecule has 8 amide bonds. The topological polar surface area (TPSA) is 290 Å². The number of nitrogens with one attached hydrogen (secondary N) is 3. The van der Waals surface area contributed by atoms with Gasteiger partial charge in [0.15, 0.2) is 0 Å². The Kier molecular flexibility index (Phi) is 32.2. The van der Waals surface area contributed by atoms with Crippen molar-refractivity contribution in [3.63, 3.8) is 0 Å². The number of piperazine rings is 2. The van der Waals surface area contributed by atoms with Crippen LogP contribution in [0, 0.1) is 0 Å². The molecular weight excluding hydrogens is 1560 g/mol. The highest BCUT2D eigenvalue weighted by Crippen LogP contribution is 2.49. The zero-order valence-corrected chi connectivity index (χ0v) is 72.2. The first-order chi connectivity index (χ1) is 52.7. The Morgan fingerprint density at radius 2 is 0.964 bits per heavy atom. The van der Waals surface area contributed by atoms with Gasteiger partial charge in [0.2, 0.25) is 11.8 Å². The molecule has 0 bridgehead atoms. The zero-order valence-electron chi connectivity index (χ0n) is 67.2. The van der Waals surface area contributed by atoms with Crippen LogP contribution >= 0.6 is 46.4 Å². The molecule has 0 aliphatic carbocycles. The lowest BCUT2D eigenvalue weighted by Crippen LogP contribution is -2.50. The number of carbonyl (C=O) groups is 6. The summed E-state index contributed by atoms with van der Waals surface area (Å²) in [7, 11) is 5.95. The maximum Gasteiger partial charge on any atom is 0.420 e. The van der Waals surface area contributed by atoms with Crippen LogP contribution in [0.3, 0.4) is 0 Å². The molecule has 29 nitrogen and oxygen atoms in total. The predicted octanol–water partition coefficient (Wildman–Crippen LogP) is 15.7. The summed E-state index contributed by atoms with van der Waals surface area (Å²) < 4.78 is 45.5. The average molecular weight is 1660 g/mol. The van der Waals surface area contributed by atoms with Crippen molar-refractivity contribution < 1.29 is 66.7 Å². The van der Waals surface area contributed by atoms with Gasteiger partial charge in [-0.2, -0.15) is 0 Å². The van der Waals surface area contributed by atoms with Crippen molar-refractivity contribution in [2.24, 2.45) is 0 Å². The van der Waals surface area contributed by atoms with E-state index in [1.54, 1.807) is 63.1 Å². The summed E-state index contributed by atoms with van der Waals surface area (Å²) in [5.74, 6) is 0.522. The molecule has 2 aliphatic heterocycles. The number of nitrogens with zero attached hydrogens (tertiary/aromatic N) is 12. The lowest BCUT2D eigenvalue weighted by molar-refractivity contribution is -0.112. The van der Waals surface area contributed by atoms with Crippen molar-refractivity contribution in [1.29, 1.82) is 0 Å². The van der Waals surface area contributed by atoms with Crippen LogP contribution < -0.4 is 69.2 Å². The van der Waals surface area contributed by atoms with Crippen molar-refractivity contribution >= 4 is 156 Å². The monoisotopic (exact) mass is 1660 g/mol. The van der Waals surface area contributed by atoms with E-state index in [1.165, 1.54) is 90.8 Å². The van der Waals surface area contributed by atoms with Gasteiger partial charge in [0.1, 0.15) is 97.9 Å². The van der Waals surface area contributed by atoms with Crippen LogP contribution in [-0.4, -0.2) is 210 Å². The van der Waals surface area contributed by atoms with Crippen molar-refractivity contribution in [2.45, 2.75) is 111 Å². The first-order valence-corrected chi connectivity index (χ1v) is 45.1. The Labute approximate surface area is 678 Å². The first-order valence-electron chi connectivity index (χ1n) is 36.2. The Hall–Kier alpha value is -9.19. The summed E-state index contributed by atoms with van der Waals surface area (Å²) in [5.41, 5.74) is 2.94.